The highest BCUT2D eigenvalue weighted by Gasteiger charge is 2.27. The summed E-state index contributed by atoms with van der Waals surface area (Å²) >= 11 is 1.16. The summed E-state index contributed by atoms with van der Waals surface area (Å²) in [5, 5.41) is 10.9. The van der Waals surface area contributed by atoms with E-state index in [0.717, 1.165) is 17.4 Å². The van der Waals surface area contributed by atoms with E-state index < -0.39 is 23.1 Å². The fraction of sp³-hybridized carbons (Fsp3) is 0.346. The van der Waals surface area contributed by atoms with Crippen molar-refractivity contribution in [2.24, 2.45) is 0 Å². The van der Waals surface area contributed by atoms with E-state index in [1.165, 1.54) is 36.0 Å². The van der Waals surface area contributed by atoms with Crippen molar-refractivity contribution in [1.82, 2.24) is 23.8 Å². The molecule has 0 saturated carbocycles. The molecule has 3 aromatic heterocycles. The zero-order valence-corrected chi connectivity index (χ0v) is 22.3. The molecule has 0 spiro atoms. The Labute approximate surface area is 226 Å². The summed E-state index contributed by atoms with van der Waals surface area (Å²) in [4.78, 5) is 49.3. The minimum absolute atomic E-state index is 0.0236. The molecule has 2 atom stereocenters. The number of fused-ring (bicyclic) bond motifs is 1. The average molecular weight is 556 g/mol. The number of nitrogens with zero attached hydrogens (tertiary/aromatic N) is 5. The third-order valence-electron chi connectivity index (χ3n) is 6.40. The van der Waals surface area contributed by atoms with E-state index in [1.54, 1.807) is 15.7 Å². The van der Waals surface area contributed by atoms with Crippen LogP contribution in [0.5, 0.6) is 5.75 Å². The van der Waals surface area contributed by atoms with Gasteiger partial charge in [-0.25, -0.2) is 23.6 Å². The van der Waals surface area contributed by atoms with Crippen LogP contribution in [0.3, 0.4) is 0 Å². The second-order valence-electron chi connectivity index (χ2n) is 9.37. The fourth-order valence-electron chi connectivity index (χ4n) is 4.65. The average Bonchev–Trinajstić information content (AvgIpc) is 3.53. The van der Waals surface area contributed by atoms with Gasteiger partial charge in [-0.3, -0.25) is 9.59 Å². The minimum atomic E-state index is -0.696. The van der Waals surface area contributed by atoms with Crippen LogP contribution in [0.4, 0.5) is 4.39 Å². The van der Waals surface area contributed by atoms with Crippen molar-refractivity contribution in [3.8, 4) is 16.5 Å². The number of methoxy groups -OCH3 is 1. The Bertz CT molecular complexity index is 1620. The molecule has 204 valence electrons. The Morgan fingerprint density at radius 2 is 1.97 bits per heavy atom. The molecule has 1 fully saturated rings. The zero-order valence-electron chi connectivity index (χ0n) is 21.5. The van der Waals surface area contributed by atoms with Crippen LogP contribution in [0.1, 0.15) is 34.6 Å². The summed E-state index contributed by atoms with van der Waals surface area (Å²) in [5.41, 5.74) is -0.0902. The maximum Gasteiger partial charge on any atom is 0.338 e. The number of morpholine rings is 1. The summed E-state index contributed by atoms with van der Waals surface area (Å²) in [6.45, 7) is 4.71. The van der Waals surface area contributed by atoms with Gasteiger partial charge >= 0.3 is 11.5 Å². The standard InChI is InChI=1S/C26H26FN5O6S/c1-14-11-31(12-15(2)38-14)20(33)13-30-6-7-32-24(35)22(34)21(29-26(30)32)23-28-10-18(39-23)8-16-4-5-17(27)9-19(16)25(36)37-3/h4-7,9-10,14-15,34H,8,11-13H2,1-3H3/t14-,15-/m0/s1. The number of esters is 1. The van der Waals surface area contributed by atoms with Gasteiger partial charge in [0.1, 0.15) is 17.4 Å². The molecule has 1 aliphatic heterocycles. The van der Waals surface area contributed by atoms with E-state index in [9.17, 15) is 23.9 Å². The summed E-state index contributed by atoms with van der Waals surface area (Å²) in [5.74, 6) is -1.77. The van der Waals surface area contributed by atoms with Gasteiger partial charge in [0.25, 0.3) is 0 Å². The number of ether oxygens (including phenoxy) is 2. The number of aromatic nitrogens is 4. The molecule has 13 heteroatoms. The monoisotopic (exact) mass is 555 g/mol. The first-order chi connectivity index (χ1) is 18.6. The highest BCUT2D eigenvalue weighted by Crippen LogP contribution is 2.31. The number of hydrogen-bond donors (Lipinski definition) is 1. The summed E-state index contributed by atoms with van der Waals surface area (Å²) in [6.07, 6.45) is 4.63. The van der Waals surface area contributed by atoms with Gasteiger partial charge in [0.15, 0.2) is 5.69 Å². The number of carbonyl (C=O) groups excluding carboxylic acids is 2. The third kappa shape index (κ3) is 5.27. The topological polar surface area (TPSA) is 128 Å². The molecule has 1 amide bonds. The van der Waals surface area contributed by atoms with E-state index in [0.29, 0.717) is 23.5 Å². The molecule has 4 heterocycles. The number of halogens is 1. The van der Waals surface area contributed by atoms with Crippen LogP contribution in [0, 0.1) is 5.82 Å². The first-order valence-electron chi connectivity index (χ1n) is 12.2. The Balaban J connectivity index is 1.44. The Kier molecular flexibility index (Phi) is 7.19. The minimum Gasteiger partial charge on any atom is -0.501 e. The number of aromatic hydroxyl groups is 1. The lowest BCUT2D eigenvalue weighted by molar-refractivity contribution is -0.143. The molecule has 1 aromatic carbocycles. The predicted octanol–water partition coefficient (Wildman–Crippen LogP) is 2.48. The number of thiazole rings is 1. The van der Waals surface area contributed by atoms with Crippen LogP contribution in [0.15, 0.2) is 41.6 Å². The van der Waals surface area contributed by atoms with Gasteiger partial charge in [-0.2, -0.15) is 0 Å². The van der Waals surface area contributed by atoms with Crippen LogP contribution in [-0.4, -0.2) is 73.2 Å². The molecule has 0 radical (unpaired) electrons. The van der Waals surface area contributed by atoms with Gasteiger partial charge in [0, 0.05) is 43.0 Å². The van der Waals surface area contributed by atoms with Crippen LogP contribution in [0.2, 0.25) is 0 Å². The number of amides is 1. The molecule has 1 N–H and O–H groups in total. The van der Waals surface area contributed by atoms with Gasteiger partial charge in [0.05, 0.1) is 24.9 Å². The lowest BCUT2D eigenvalue weighted by Crippen LogP contribution is -2.49. The normalized spacial score (nSPS) is 17.5. The number of carbonyl (C=O) groups is 2. The maximum absolute atomic E-state index is 13.7. The third-order valence-corrected chi connectivity index (χ3v) is 7.41. The van der Waals surface area contributed by atoms with Crippen molar-refractivity contribution in [3.05, 3.63) is 69.0 Å². The molecule has 0 aliphatic carbocycles. The van der Waals surface area contributed by atoms with E-state index in [-0.39, 0.29) is 53.1 Å². The molecule has 39 heavy (non-hydrogen) atoms. The Morgan fingerprint density at radius 1 is 1.23 bits per heavy atom. The quantitative estimate of drug-likeness (QED) is 0.360. The van der Waals surface area contributed by atoms with Gasteiger partial charge < -0.3 is 24.0 Å². The molecule has 4 aromatic rings. The number of benzene rings is 1. The molecule has 11 nitrogen and oxygen atoms in total. The van der Waals surface area contributed by atoms with Crippen molar-refractivity contribution in [2.45, 2.75) is 39.0 Å². The van der Waals surface area contributed by atoms with Crippen molar-refractivity contribution in [2.75, 3.05) is 20.2 Å². The molecule has 1 aliphatic rings. The first-order valence-corrected chi connectivity index (χ1v) is 13.0. The van der Waals surface area contributed by atoms with Crippen LogP contribution in [0.25, 0.3) is 16.5 Å². The summed E-state index contributed by atoms with van der Waals surface area (Å²) in [6, 6.07) is 3.85. The fourth-order valence-corrected chi connectivity index (χ4v) is 5.58. The van der Waals surface area contributed by atoms with Gasteiger partial charge in [0.2, 0.25) is 17.4 Å². The number of rotatable bonds is 6. The summed E-state index contributed by atoms with van der Waals surface area (Å²) < 4.78 is 26.9. The molecule has 5 rings (SSSR count). The molecular formula is C26H26FN5O6S. The highest BCUT2D eigenvalue weighted by atomic mass is 32.1. The van der Waals surface area contributed by atoms with Crippen molar-refractivity contribution < 1.29 is 28.6 Å². The lowest BCUT2D eigenvalue weighted by atomic mass is 10.0. The SMILES string of the molecule is COC(=O)c1cc(F)ccc1Cc1cnc(-c2nc3n(CC(=O)N4C[C@H](C)O[C@@H](C)C4)ccn3c(=O)c2O)s1. The van der Waals surface area contributed by atoms with Crippen LogP contribution >= 0.6 is 11.3 Å². The van der Waals surface area contributed by atoms with Crippen LogP contribution < -0.4 is 5.56 Å². The molecule has 0 bridgehead atoms. The van der Waals surface area contributed by atoms with Crippen molar-refractivity contribution in [1.29, 1.82) is 0 Å². The summed E-state index contributed by atoms with van der Waals surface area (Å²) in [7, 11) is 1.22. The van der Waals surface area contributed by atoms with Crippen molar-refractivity contribution >= 4 is 29.0 Å². The van der Waals surface area contributed by atoms with E-state index >= 15 is 0 Å². The first kappa shape index (κ1) is 26.5. The molecule has 1 saturated heterocycles. The Morgan fingerprint density at radius 3 is 2.69 bits per heavy atom. The largest absolute Gasteiger partial charge is 0.501 e. The van der Waals surface area contributed by atoms with Gasteiger partial charge in [-0.05, 0) is 31.5 Å². The Hall–Kier alpha value is -4.10. The van der Waals surface area contributed by atoms with Crippen molar-refractivity contribution in [3.63, 3.8) is 0 Å². The molecular weight excluding hydrogens is 529 g/mol. The predicted molar refractivity (Wildman–Crippen MR) is 139 cm³/mol. The van der Waals surface area contributed by atoms with E-state index in [2.05, 4.69) is 9.97 Å². The van der Waals surface area contributed by atoms with Crippen LogP contribution in [-0.2, 0) is 27.2 Å². The smallest absolute Gasteiger partial charge is 0.338 e. The highest BCUT2D eigenvalue weighted by molar-refractivity contribution is 7.15. The second-order valence-corrected chi connectivity index (χ2v) is 10.5. The van der Waals surface area contributed by atoms with Gasteiger partial charge in [-0.1, -0.05) is 6.07 Å². The number of hydrogen-bond acceptors (Lipinski definition) is 9. The molecule has 0 unspecified atom stereocenters. The van der Waals surface area contributed by atoms with E-state index in [4.69, 9.17) is 9.47 Å². The maximum atomic E-state index is 13.7. The zero-order chi connectivity index (χ0) is 27.8. The van der Waals surface area contributed by atoms with Gasteiger partial charge in [-0.15, -0.1) is 11.3 Å². The van der Waals surface area contributed by atoms with E-state index in [1.807, 2.05) is 13.8 Å². The lowest BCUT2D eigenvalue weighted by Gasteiger charge is -2.35. The number of imidazole rings is 1. The second kappa shape index (κ2) is 10.6.